The summed E-state index contributed by atoms with van der Waals surface area (Å²) in [6.45, 7) is -1.17. The molecular formula is C20H20ClF2N3O2. The highest BCUT2D eigenvalue weighted by Crippen LogP contribution is 2.22. The van der Waals surface area contributed by atoms with Gasteiger partial charge in [-0.25, -0.2) is 13.8 Å². The van der Waals surface area contributed by atoms with E-state index in [4.69, 9.17) is 16.3 Å². The Hall–Kier alpha value is -2.67. The summed E-state index contributed by atoms with van der Waals surface area (Å²) in [7, 11) is 0. The van der Waals surface area contributed by atoms with Gasteiger partial charge in [0.15, 0.2) is 6.10 Å². The van der Waals surface area contributed by atoms with Crippen LogP contribution < -0.4 is 10.1 Å². The molecule has 1 heterocycles. The molecule has 0 bridgehead atoms. The number of ether oxygens (including phenoxy) is 1. The largest absolute Gasteiger partial charge is 0.485 e. The summed E-state index contributed by atoms with van der Waals surface area (Å²) < 4.78 is 31.9. The van der Waals surface area contributed by atoms with E-state index in [0.717, 1.165) is 16.6 Å². The maximum atomic E-state index is 12.5. The first-order chi connectivity index (χ1) is 13.6. The molecule has 0 saturated carbocycles. The van der Waals surface area contributed by atoms with E-state index in [1.807, 2.05) is 12.1 Å². The van der Waals surface area contributed by atoms with Crippen LogP contribution in [0.2, 0.25) is 5.02 Å². The lowest BCUT2D eigenvalue weighted by Gasteiger charge is -2.13. The molecule has 0 aliphatic rings. The van der Waals surface area contributed by atoms with Crippen molar-refractivity contribution in [2.45, 2.75) is 19.1 Å². The smallest absolute Gasteiger partial charge is 0.240 e. The van der Waals surface area contributed by atoms with Crippen LogP contribution in [0.1, 0.15) is 5.56 Å². The van der Waals surface area contributed by atoms with E-state index in [2.05, 4.69) is 10.3 Å². The van der Waals surface area contributed by atoms with Crippen molar-refractivity contribution in [2.75, 3.05) is 19.9 Å². The van der Waals surface area contributed by atoms with Crippen LogP contribution in [0.3, 0.4) is 0 Å². The minimum atomic E-state index is -1.07. The van der Waals surface area contributed by atoms with Gasteiger partial charge >= 0.3 is 0 Å². The second kappa shape index (κ2) is 9.50. The Morgan fingerprint density at radius 1 is 1.18 bits per heavy atom. The molecule has 1 amide bonds. The van der Waals surface area contributed by atoms with Crippen molar-refractivity contribution in [1.82, 2.24) is 14.9 Å². The third-order valence-corrected chi connectivity index (χ3v) is 4.51. The summed E-state index contributed by atoms with van der Waals surface area (Å²) >= 11 is 6.19. The number of benzene rings is 2. The number of rotatable bonds is 9. The molecular weight excluding hydrogens is 388 g/mol. The average Bonchev–Trinajstić information content (AvgIpc) is 3.11. The van der Waals surface area contributed by atoms with Crippen LogP contribution >= 0.6 is 11.6 Å². The molecule has 1 aromatic heterocycles. The zero-order valence-electron chi connectivity index (χ0n) is 15.1. The van der Waals surface area contributed by atoms with E-state index in [0.29, 0.717) is 23.7 Å². The summed E-state index contributed by atoms with van der Waals surface area (Å²) in [6.07, 6.45) is 1.14. The van der Waals surface area contributed by atoms with Gasteiger partial charge in [-0.2, -0.15) is 0 Å². The predicted molar refractivity (Wildman–Crippen MR) is 104 cm³/mol. The topological polar surface area (TPSA) is 56.2 Å². The van der Waals surface area contributed by atoms with Gasteiger partial charge in [0.1, 0.15) is 25.6 Å². The maximum Gasteiger partial charge on any atom is 0.240 e. The molecule has 0 radical (unpaired) electrons. The summed E-state index contributed by atoms with van der Waals surface area (Å²) in [6, 6.07) is 12.3. The number of para-hydroxylation sites is 1. The number of imidazole rings is 1. The zero-order valence-corrected chi connectivity index (χ0v) is 15.8. The lowest BCUT2D eigenvalue weighted by Crippen LogP contribution is -2.29. The van der Waals surface area contributed by atoms with Gasteiger partial charge in [-0.15, -0.1) is 0 Å². The first-order valence-corrected chi connectivity index (χ1v) is 9.22. The third-order valence-electron chi connectivity index (χ3n) is 4.21. The van der Waals surface area contributed by atoms with Gasteiger partial charge in [0.2, 0.25) is 5.91 Å². The van der Waals surface area contributed by atoms with Crippen LogP contribution in [0, 0.1) is 0 Å². The van der Waals surface area contributed by atoms with Crippen LogP contribution in [-0.4, -0.2) is 41.5 Å². The van der Waals surface area contributed by atoms with Crippen molar-refractivity contribution in [1.29, 1.82) is 0 Å². The Labute approximate surface area is 166 Å². The Morgan fingerprint density at radius 3 is 2.64 bits per heavy atom. The number of aromatic nitrogens is 2. The van der Waals surface area contributed by atoms with Crippen molar-refractivity contribution in [2.24, 2.45) is 0 Å². The van der Waals surface area contributed by atoms with E-state index in [9.17, 15) is 13.6 Å². The maximum absolute atomic E-state index is 12.5. The molecule has 148 valence electrons. The fourth-order valence-corrected chi connectivity index (χ4v) is 3.07. The Kier molecular flexibility index (Phi) is 6.81. The first-order valence-electron chi connectivity index (χ1n) is 8.84. The second-order valence-electron chi connectivity index (χ2n) is 6.27. The quantitative estimate of drug-likeness (QED) is 0.588. The number of nitrogens with one attached hydrogen (secondary N) is 1. The molecule has 3 aromatic rings. The molecule has 0 atom stereocenters. The number of alkyl halides is 2. The van der Waals surface area contributed by atoms with Gasteiger partial charge in [-0.05, 0) is 36.2 Å². The van der Waals surface area contributed by atoms with Crippen LogP contribution in [0.15, 0.2) is 48.8 Å². The van der Waals surface area contributed by atoms with Gasteiger partial charge < -0.3 is 14.6 Å². The van der Waals surface area contributed by atoms with Gasteiger partial charge in [0.25, 0.3) is 0 Å². The molecule has 0 saturated heterocycles. The Morgan fingerprint density at radius 2 is 1.93 bits per heavy atom. The third kappa shape index (κ3) is 4.98. The van der Waals surface area contributed by atoms with E-state index in [1.165, 1.54) is 0 Å². The Balaban J connectivity index is 1.48. The fourth-order valence-electron chi connectivity index (χ4n) is 2.79. The lowest BCUT2D eigenvalue weighted by molar-refractivity contribution is -0.121. The van der Waals surface area contributed by atoms with Gasteiger partial charge in [0.05, 0.1) is 22.4 Å². The molecule has 0 aliphatic heterocycles. The Bertz CT molecular complexity index is 927. The average molecular weight is 408 g/mol. The molecule has 0 aliphatic carbocycles. The van der Waals surface area contributed by atoms with Crippen LogP contribution in [-0.2, 0) is 17.8 Å². The zero-order chi connectivity index (χ0) is 19.9. The molecule has 28 heavy (non-hydrogen) atoms. The van der Waals surface area contributed by atoms with Crippen LogP contribution in [0.4, 0.5) is 8.78 Å². The summed E-state index contributed by atoms with van der Waals surface area (Å²) in [5, 5.41) is 3.41. The minimum Gasteiger partial charge on any atom is -0.485 e. The normalized spacial score (nSPS) is 11.1. The fraction of sp³-hybridized carbons (Fsp3) is 0.300. The number of amides is 1. The first kappa shape index (κ1) is 20.1. The highest BCUT2D eigenvalue weighted by molar-refractivity contribution is 6.35. The molecule has 0 spiro atoms. The molecule has 8 heteroatoms. The van der Waals surface area contributed by atoms with E-state index < -0.39 is 19.5 Å². The van der Waals surface area contributed by atoms with Gasteiger partial charge in [0, 0.05) is 6.54 Å². The second-order valence-corrected chi connectivity index (χ2v) is 6.68. The van der Waals surface area contributed by atoms with Crippen LogP contribution in [0.5, 0.6) is 5.75 Å². The number of hydrogen-bond donors (Lipinski definition) is 1. The number of hydrogen-bond acceptors (Lipinski definition) is 3. The molecule has 2 aromatic carbocycles. The van der Waals surface area contributed by atoms with E-state index in [-0.39, 0.29) is 12.5 Å². The van der Waals surface area contributed by atoms with Crippen LogP contribution in [0.25, 0.3) is 11.0 Å². The van der Waals surface area contributed by atoms with E-state index in [1.54, 1.807) is 41.2 Å². The van der Waals surface area contributed by atoms with Gasteiger partial charge in [-0.3, -0.25) is 4.79 Å². The lowest BCUT2D eigenvalue weighted by atomic mass is 10.1. The number of carbonyl (C=O) groups is 1. The number of carbonyl (C=O) groups excluding carboxylic acids is 1. The van der Waals surface area contributed by atoms with Crippen molar-refractivity contribution >= 4 is 28.5 Å². The van der Waals surface area contributed by atoms with Gasteiger partial charge in [-0.1, -0.05) is 29.8 Å². The predicted octanol–water partition coefficient (Wildman–Crippen LogP) is 3.74. The monoisotopic (exact) mass is 407 g/mol. The molecule has 0 unspecified atom stereocenters. The molecule has 5 nitrogen and oxygen atoms in total. The minimum absolute atomic E-state index is 0.126. The highest BCUT2D eigenvalue weighted by Gasteiger charge is 2.11. The number of halogens is 3. The SMILES string of the molecule is O=C(Cn1cnc2cccc(Cl)c21)NCCc1ccc(OC(CF)CF)cc1. The summed E-state index contributed by atoms with van der Waals surface area (Å²) in [4.78, 5) is 16.4. The summed E-state index contributed by atoms with van der Waals surface area (Å²) in [5.41, 5.74) is 2.45. The van der Waals surface area contributed by atoms with Crippen molar-refractivity contribution in [3.8, 4) is 5.75 Å². The van der Waals surface area contributed by atoms with Crippen molar-refractivity contribution in [3.63, 3.8) is 0 Å². The van der Waals surface area contributed by atoms with E-state index >= 15 is 0 Å². The van der Waals surface area contributed by atoms with Crippen molar-refractivity contribution in [3.05, 3.63) is 59.4 Å². The standard InChI is InChI=1S/C20H20ClF2N3O2/c21-17-2-1-3-18-20(17)26(13-25-18)12-19(27)24-9-8-14-4-6-15(7-5-14)28-16(10-22)11-23/h1-7,13,16H,8-12H2,(H,24,27). The molecule has 3 rings (SSSR count). The number of nitrogens with zero attached hydrogens (tertiary/aromatic N) is 2. The summed E-state index contributed by atoms with van der Waals surface area (Å²) in [5.74, 6) is 0.268. The molecule has 1 N–H and O–H groups in total. The van der Waals surface area contributed by atoms with Crippen molar-refractivity contribution < 1.29 is 18.3 Å². The number of fused-ring (bicyclic) bond motifs is 1. The highest BCUT2D eigenvalue weighted by atomic mass is 35.5. The molecule has 0 fully saturated rings.